The molecule has 2 rings (SSSR count). The van der Waals surface area contributed by atoms with E-state index in [1.165, 1.54) is 6.07 Å². The van der Waals surface area contributed by atoms with Crippen molar-refractivity contribution < 1.29 is 37.5 Å². The average molecular weight is 249 g/mol. The van der Waals surface area contributed by atoms with Gasteiger partial charge in [-0.05, 0) is 6.20 Å². The van der Waals surface area contributed by atoms with Crippen LogP contribution in [-0.4, -0.2) is 15.9 Å². The number of fused-ring (bicyclic) bond motifs is 1. The van der Waals surface area contributed by atoms with Gasteiger partial charge in [-0.2, -0.15) is 0 Å². The van der Waals surface area contributed by atoms with E-state index in [4.69, 9.17) is 5.73 Å². The maximum absolute atomic E-state index is 10.9. The number of carbonyl (C=O) groups excluding carboxylic acids is 1. The molecule has 1 amide bonds. The first-order valence-electron chi connectivity index (χ1n) is 3.43. The summed E-state index contributed by atoms with van der Waals surface area (Å²) in [6, 6.07) is 3.24. The van der Waals surface area contributed by atoms with Crippen LogP contribution in [0.5, 0.6) is 0 Å². The van der Waals surface area contributed by atoms with Crippen LogP contribution >= 0.6 is 0 Å². The molecule has 0 saturated heterocycles. The SMILES string of the molecule is NC(=O)c1c[c-]nc2[nH]ccc12.[Y]. The Morgan fingerprint density at radius 1 is 1.62 bits per heavy atom. The van der Waals surface area contributed by atoms with E-state index in [0.29, 0.717) is 11.2 Å². The van der Waals surface area contributed by atoms with Crippen molar-refractivity contribution in [2.45, 2.75) is 0 Å². The maximum Gasteiger partial charge on any atom is 0.193 e. The number of carbonyl (C=O) groups is 1. The monoisotopic (exact) mass is 249 g/mol. The molecule has 0 bridgehead atoms. The molecule has 0 spiro atoms. The Balaban J connectivity index is 0.000000845. The van der Waals surface area contributed by atoms with Crippen LogP contribution in [0.4, 0.5) is 0 Å². The van der Waals surface area contributed by atoms with Gasteiger partial charge in [0.1, 0.15) is 0 Å². The van der Waals surface area contributed by atoms with Crippen molar-refractivity contribution in [1.82, 2.24) is 9.97 Å². The molecule has 13 heavy (non-hydrogen) atoms. The Morgan fingerprint density at radius 2 is 2.38 bits per heavy atom. The molecule has 5 heteroatoms. The summed E-state index contributed by atoms with van der Waals surface area (Å²) in [4.78, 5) is 17.6. The van der Waals surface area contributed by atoms with Crippen molar-refractivity contribution in [1.29, 1.82) is 0 Å². The normalized spacial score (nSPS) is 9.54. The van der Waals surface area contributed by atoms with Crippen molar-refractivity contribution >= 4 is 16.9 Å². The van der Waals surface area contributed by atoms with Gasteiger partial charge in [-0.1, -0.05) is 23.2 Å². The summed E-state index contributed by atoms with van der Waals surface area (Å²) in [7, 11) is 0. The first kappa shape index (κ1) is 10.3. The van der Waals surface area contributed by atoms with Gasteiger partial charge in [0, 0.05) is 38.4 Å². The van der Waals surface area contributed by atoms with Gasteiger partial charge in [0.05, 0.1) is 0 Å². The Hall–Kier alpha value is -0.736. The molecule has 3 N–H and O–H groups in total. The summed E-state index contributed by atoms with van der Waals surface area (Å²) in [5.74, 6) is -0.460. The van der Waals surface area contributed by atoms with Crippen LogP contribution < -0.4 is 5.73 Å². The minimum Gasteiger partial charge on any atom is -0.399 e. The first-order chi connectivity index (χ1) is 5.79. The minimum absolute atomic E-state index is 0. The number of nitrogens with one attached hydrogen (secondary N) is 1. The number of H-pyrrole nitrogens is 1. The molecular weight excluding hydrogens is 243 g/mol. The fraction of sp³-hybridized carbons (Fsp3) is 0. The fourth-order valence-corrected chi connectivity index (χ4v) is 1.11. The molecule has 2 heterocycles. The molecule has 0 aliphatic rings. The van der Waals surface area contributed by atoms with Crippen molar-refractivity contribution in [3.8, 4) is 0 Å². The molecule has 0 atom stereocenters. The number of aromatic amines is 1. The van der Waals surface area contributed by atoms with E-state index < -0.39 is 5.91 Å². The second-order valence-electron chi connectivity index (χ2n) is 2.40. The zero-order chi connectivity index (χ0) is 8.55. The van der Waals surface area contributed by atoms with Crippen LogP contribution in [0.15, 0.2) is 18.3 Å². The number of pyridine rings is 1. The number of hydrogen-bond acceptors (Lipinski definition) is 2. The molecule has 0 unspecified atom stereocenters. The van der Waals surface area contributed by atoms with E-state index in [0.717, 1.165) is 5.39 Å². The summed E-state index contributed by atoms with van der Waals surface area (Å²) in [6.45, 7) is 0. The summed E-state index contributed by atoms with van der Waals surface area (Å²) in [5, 5.41) is 0.737. The third-order valence-electron chi connectivity index (χ3n) is 1.67. The summed E-state index contributed by atoms with van der Waals surface area (Å²) in [5.41, 5.74) is 6.21. The van der Waals surface area contributed by atoms with Gasteiger partial charge in [-0.25, -0.2) is 0 Å². The molecule has 63 valence electrons. The molecular formula is C8H6N3OY-. The quantitative estimate of drug-likeness (QED) is 0.720. The third kappa shape index (κ3) is 1.79. The molecule has 2 aromatic rings. The van der Waals surface area contributed by atoms with Crippen molar-refractivity contribution in [2.24, 2.45) is 5.73 Å². The number of hydrogen-bond donors (Lipinski definition) is 2. The van der Waals surface area contributed by atoms with E-state index >= 15 is 0 Å². The topological polar surface area (TPSA) is 71.8 Å². The van der Waals surface area contributed by atoms with Crippen LogP contribution in [0.3, 0.4) is 0 Å². The number of primary amides is 1. The number of amides is 1. The number of nitrogens with zero attached hydrogens (tertiary/aromatic N) is 1. The molecule has 0 aliphatic carbocycles. The minimum atomic E-state index is -0.460. The number of rotatable bonds is 1. The van der Waals surface area contributed by atoms with Gasteiger partial charge in [0.2, 0.25) is 0 Å². The van der Waals surface area contributed by atoms with Gasteiger partial charge >= 0.3 is 0 Å². The number of nitrogens with two attached hydrogens (primary N) is 1. The van der Waals surface area contributed by atoms with Crippen molar-refractivity contribution in [3.63, 3.8) is 0 Å². The van der Waals surface area contributed by atoms with E-state index in [-0.39, 0.29) is 32.7 Å². The summed E-state index contributed by atoms with van der Waals surface area (Å²) < 4.78 is 0. The molecule has 0 saturated carbocycles. The summed E-state index contributed by atoms with van der Waals surface area (Å²) >= 11 is 0. The maximum atomic E-state index is 10.9. The fourth-order valence-electron chi connectivity index (χ4n) is 1.11. The standard InChI is InChI=1S/C8H6N3O.Y/c9-7(12)5-1-3-10-8-6(5)2-4-11-8;/h1-2,4H,(H2,9,12)(H,10,11);/q-1;. The molecule has 0 fully saturated rings. The zero-order valence-corrected chi connectivity index (χ0v) is 9.58. The first-order valence-corrected chi connectivity index (χ1v) is 3.43. The van der Waals surface area contributed by atoms with Crippen molar-refractivity contribution in [3.05, 3.63) is 30.1 Å². The Labute approximate surface area is 99.8 Å². The number of aromatic nitrogens is 2. The Bertz CT molecular complexity index is 438. The average Bonchev–Trinajstić information content (AvgIpc) is 2.49. The van der Waals surface area contributed by atoms with E-state index in [9.17, 15) is 4.79 Å². The van der Waals surface area contributed by atoms with Crippen LogP contribution in [0, 0.1) is 6.20 Å². The van der Waals surface area contributed by atoms with Crippen LogP contribution in [0.1, 0.15) is 10.4 Å². The Morgan fingerprint density at radius 3 is 3.08 bits per heavy atom. The van der Waals surface area contributed by atoms with Crippen LogP contribution in [0.2, 0.25) is 0 Å². The van der Waals surface area contributed by atoms with E-state index in [2.05, 4.69) is 16.2 Å². The predicted molar refractivity (Wildman–Crippen MR) is 43.4 cm³/mol. The molecule has 4 nitrogen and oxygen atoms in total. The third-order valence-corrected chi connectivity index (χ3v) is 1.67. The molecule has 0 aromatic carbocycles. The second kappa shape index (κ2) is 3.98. The second-order valence-corrected chi connectivity index (χ2v) is 2.40. The molecule has 2 aromatic heterocycles. The smallest absolute Gasteiger partial charge is 0.193 e. The largest absolute Gasteiger partial charge is 0.399 e. The van der Waals surface area contributed by atoms with E-state index in [1.807, 2.05) is 0 Å². The Kier molecular flexibility index (Phi) is 3.17. The molecule has 0 aliphatic heterocycles. The molecule has 1 radical (unpaired) electrons. The van der Waals surface area contributed by atoms with Crippen LogP contribution in [0.25, 0.3) is 11.0 Å². The van der Waals surface area contributed by atoms with Gasteiger partial charge < -0.3 is 15.7 Å². The van der Waals surface area contributed by atoms with E-state index in [1.54, 1.807) is 12.3 Å². The van der Waals surface area contributed by atoms with Gasteiger partial charge in [0.15, 0.2) is 5.91 Å². The van der Waals surface area contributed by atoms with Gasteiger partial charge in [0.25, 0.3) is 0 Å². The zero-order valence-electron chi connectivity index (χ0n) is 6.74. The van der Waals surface area contributed by atoms with Crippen molar-refractivity contribution in [2.75, 3.05) is 0 Å². The predicted octanol–water partition coefficient (Wildman–Crippen LogP) is 0.459. The van der Waals surface area contributed by atoms with Crippen LogP contribution in [-0.2, 0) is 32.7 Å². The van der Waals surface area contributed by atoms with Gasteiger partial charge in [-0.15, -0.1) is 6.07 Å². The summed E-state index contributed by atoms with van der Waals surface area (Å²) in [6.07, 6.45) is 4.30. The van der Waals surface area contributed by atoms with Gasteiger partial charge in [-0.3, -0.25) is 4.79 Å².